The van der Waals surface area contributed by atoms with Gasteiger partial charge >= 0.3 is 0 Å². The number of rotatable bonds is 2. The molecule has 0 spiro atoms. The molecule has 0 unspecified atom stereocenters. The molecule has 4 aromatic rings. The Hall–Kier alpha value is -2.31. The minimum Gasteiger partial charge on any atom is -0.441 e. The molecule has 5 rings (SSSR count). The van der Waals surface area contributed by atoms with E-state index in [-0.39, 0.29) is 5.82 Å². The van der Waals surface area contributed by atoms with Gasteiger partial charge in [-0.25, -0.2) is 14.4 Å². The molecule has 0 aliphatic carbocycles. The van der Waals surface area contributed by atoms with E-state index >= 15 is 0 Å². The van der Waals surface area contributed by atoms with Gasteiger partial charge in [-0.05, 0) is 61.3 Å². The summed E-state index contributed by atoms with van der Waals surface area (Å²) in [7, 11) is 0. The largest absolute Gasteiger partial charge is 0.441 e. The van der Waals surface area contributed by atoms with E-state index in [0.29, 0.717) is 17.3 Å². The summed E-state index contributed by atoms with van der Waals surface area (Å²) in [5.41, 5.74) is 3.79. The minimum atomic E-state index is -0.261. The summed E-state index contributed by atoms with van der Waals surface area (Å²) >= 11 is 1.62. The van der Waals surface area contributed by atoms with Crippen LogP contribution >= 0.6 is 11.3 Å². The van der Waals surface area contributed by atoms with Crippen LogP contribution in [0.15, 0.2) is 34.7 Å². The number of nitrogens with zero attached hydrogens (tertiary/aromatic N) is 2. The minimum absolute atomic E-state index is 0.261. The number of aryl methyl sites for hydroxylation is 1. The zero-order valence-corrected chi connectivity index (χ0v) is 15.2. The van der Waals surface area contributed by atoms with E-state index < -0.39 is 0 Å². The lowest BCUT2D eigenvalue weighted by atomic mass is 9.99. The molecule has 2 aromatic carbocycles. The van der Waals surface area contributed by atoms with Gasteiger partial charge in [-0.3, -0.25) is 0 Å². The van der Waals surface area contributed by atoms with E-state index in [4.69, 9.17) is 4.42 Å². The first-order valence-electron chi connectivity index (χ1n) is 8.85. The zero-order chi connectivity index (χ0) is 17.7. The highest BCUT2D eigenvalue weighted by Gasteiger charge is 2.20. The van der Waals surface area contributed by atoms with Crippen molar-refractivity contribution in [2.24, 2.45) is 0 Å². The normalized spacial score (nSPS) is 15.9. The maximum atomic E-state index is 14.7. The third kappa shape index (κ3) is 2.70. The van der Waals surface area contributed by atoms with Crippen LogP contribution in [0.25, 0.3) is 32.4 Å². The molecule has 1 aliphatic heterocycles. The molecule has 1 fully saturated rings. The van der Waals surface area contributed by atoms with Crippen LogP contribution in [0.1, 0.15) is 29.7 Å². The van der Waals surface area contributed by atoms with Gasteiger partial charge in [0.2, 0.25) is 0 Å². The molecule has 26 heavy (non-hydrogen) atoms. The topological polar surface area (TPSA) is 51.0 Å². The van der Waals surface area contributed by atoms with Crippen LogP contribution < -0.4 is 5.32 Å². The van der Waals surface area contributed by atoms with Crippen molar-refractivity contribution in [1.29, 1.82) is 0 Å². The zero-order valence-electron chi connectivity index (χ0n) is 14.4. The molecule has 0 saturated carbocycles. The lowest BCUT2D eigenvalue weighted by Gasteiger charge is -2.20. The summed E-state index contributed by atoms with van der Waals surface area (Å²) in [6.45, 7) is 3.83. The van der Waals surface area contributed by atoms with Gasteiger partial charge in [0.25, 0.3) is 0 Å². The second-order valence-corrected chi connectivity index (χ2v) is 7.86. The Labute approximate surface area is 154 Å². The summed E-state index contributed by atoms with van der Waals surface area (Å²) in [5.74, 6) is 0.806. The summed E-state index contributed by atoms with van der Waals surface area (Å²) < 4.78 is 21.2. The molecule has 0 radical (unpaired) electrons. The fourth-order valence-corrected chi connectivity index (χ4v) is 4.83. The monoisotopic (exact) mass is 367 g/mol. The first kappa shape index (κ1) is 15.9. The quantitative estimate of drug-likeness (QED) is 0.540. The standard InChI is InChI=1S/C20H18FN3OS/c1-11-23-16-3-2-13(9-17(16)25-11)14-8-15(21)19-18(10-14)26-20(24-19)12-4-6-22-7-5-12/h2-3,8-10,12,22H,4-7H2,1H3. The number of hydrogen-bond acceptors (Lipinski definition) is 5. The van der Waals surface area contributed by atoms with Gasteiger partial charge in [0, 0.05) is 12.8 Å². The molecule has 1 N–H and O–H groups in total. The average molecular weight is 367 g/mol. The Morgan fingerprint density at radius 2 is 1.96 bits per heavy atom. The maximum absolute atomic E-state index is 14.7. The first-order chi connectivity index (χ1) is 12.7. The molecule has 0 amide bonds. The van der Waals surface area contributed by atoms with E-state index in [2.05, 4.69) is 15.3 Å². The Balaban J connectivity index is 1.58. The van der Waals surface area contributed by atoms with Gasteiger partial charge in [0.1, 0.15) is 11.0 Å². The number of piperidine rings is 1. The lowest BCUT2D eigenvalue weighted by molar-refractivity contribution is 0.459. The summed E-state index contributed by atoms with van der Waals surface area (Å²) in [4.78, 5) is 8.93. The predicted octanol–water partition coefficient (Wildman–Crippen LogP) is 5.02. The van der Waals surface area contributed by atoms with Crippen molar-refractivity contribution in [3.63, 3.8) is 0 Å². The van der Waals surface area contributed by atoms with Gasteiger partial charge < -0.3 is 9.73 Å². The van der Waals surface area contributed by atoms with E-state index in [9.17, 15) is 4.39 Å². The second kappa shape index (κ2) is 6.14. The molecule has 4 nitrogen and oxygen atoms in total. The molecule has 1 aliphatic rings. The third-order valence-corrected chi connectivity index (χ3v) is 6.15. The highest BCUT2D eigenvalue weighted by Crippen LogP contribution is 2.36. The van der Waals surface area contributed by atoms with E-state index in [0.717, 1.165) is 57.9 Å². The first-order valence-corrected chi connectivity index (χ1v) is 9.67. The summed E-state index contributed by atoms with van der Waals surface area (Å²) in [6, 6.07) is 9.39. The highest BCUT2D eigenvalue weighted by molar-refractivity contribution is 7.18. The van der Waals surface area contributed by atoms with Crippen molar-refractivity contribution in [3.8, 4) is 11.1 Å². The fourth-order valence-electron chi connectivity index (χ4n) is 3.64. The van der Waals surface area contributed by atoms with Gasteiger partial charge in [0.15, 0.2) is 17.3 Å². The number of oxazole rings is 1. The van der Waals surface area contributed by atoms with Crippen LogP contribution in [0.5, 0.6) is 0 Å². The van der Waals surface area contributed by atoms with Crippen LogP contribution in [0.4, 0.5) is 4.39 Å². The molecule has 0 bridgehead atoms. The number of nitrogens with one attached hydrogen (secondary N) is 1. The van der Waals surface area contributed by atoms with Crippen molar-refractivity contribution < 1.29 is 8.81 Å². The smallest absolute Gasteiger partial charge is 0.192 e. The molecule has 0 atom stereocenters. The third-order valence-electron chi connectivity index (χ3n) is 4.98. The second-order valence-electron chi connectivity index (χ2n) is 6.80. The van der Waals surface area contributed by atoms with E-state index in [1.807, 2.05) is 31.2 Å². The number of aromatic nitrogens is 2. The molecular weight excluding hydrogens is 349 g/mol. The van der Waals surface area contributed by atoms with Gasteiger partial charge in [-0.1, -0.05) is 6.07 Å². The SMILES string of the molecule is Cc1nc2ccc(-c3cc(F)c4nc(C5CCNCC5)sc4c3)cc2o1. The number of hydrogen-bond donors (Lipinski definition) is 1. The number of halogens is 1. The van der Waals surface area contributed by atoms with Crippen molar-refractivity contribution in [2.45, 2.75) is 25.7 Å². The number of benzene rings is 2. The molecule has 132 valence electrons. The van der Waals surface area contributed by atoms with Crippen molar-refractivity contribution in [3.05, 3.63) is 47.0 Å². The van der Waals surface area contributed by atoms with E-state index in [1.165, 1.54) is 0 Å². The Morgan fingerprint density at radius 1 is 1.12 bits per heavy atom. The summed E-state index contributed by atoms with van der Waals surface area (Å²) in [6.07, 6.45) is 2.13. The van der Waals surface area contributed by atoms with E-state index in [1.54, 1.807) is 17.4 Å². The van der Waals surface area contributed by atoms with Crippen molar-refractivity contribution in [2.75, 3.05) is 13.1 Å². The molecule has 1 saturated heterocycles. The number of thiazole rings is 1. The highest BCUT2D eigenvalue weighted by atomic mass is 32.1. The number of fused-ring (bicyclic) bond motifs is 2. The Kier molecular flexibility index (Phi) is 3.76. The van der Waals surface area contributed by atoms with Crippen LogP contribution in [-0.2, 0) is 0 Å². The molecule has 2 aromatic heterocycles. The lowest BCUT2D eigenvalue weighted by Crippen LogP contribution is -2.26. The summed E-state index contributed by atoms with van der Waals surface area (Å²) in [5, 5.41) is 4.42. The maximum Gasteiger partial charge on any atom is 0.192 e. The molecule has 3 heterocycles. The van der Waals surface area contributed by atoms with Gasteiger partial charge in [-0.2, -0.15) is 0 Å². The Bertz CT molecular complexity index is 1110. The van der Waals surface area contributed by atoms with Gasteiger partial charge in [-0.15, -0.1) is 11.3 Å². The van der Waals surface area contributed by atoms with Crippen molar-refractivity contribution >= 4 is 32.7 Å². The fraction of sp³-hybridized carbons (Fsp3) is 0.300. The van der Waals surface area contributed by atoms with Crippen LogP contribution in [0, 0.1) is 12.7 Å². The van der Waals surface area contributed by atoms with Crippen LogP contribution in [0.2, 0.25) is 0 Å². The van der Waals surface area contributed by atoms with Crippen LogP contribution in [0.3, 0.4) is 0 Å². The average Bonchev–Trinajstić information content (AvgIpc) is 3.24. The molecular formula is C20H18FN3OS. The molecule has 6 heteroatoms. The predicted molar refractivity (Wildman–Crippen MR) is 102 cm³/mol. The Morgan fingerprint density at radius 3 is 2.81 bits per heavy atom. The van der Waals surface area contributed by atoms with Crippen LogP contribution in [-0.4, -0.2) is 23.1 Å². The van der Waals surface area contributed by atoms with Gasteiger partial charge in [0.05, 0.1) is 9.71 Å². The van der Waals surface area contributed by atoms with Crippen molar-refractivity contribution in [1.82, 2.24) is 15.3 Å².